The van der Waals surface area contributed by atoms with E-state index in [0.29, 0.717) is 5.76 Å². The molecule has 0 aromatic carbocycles. The lowest BCUT2D eigenvalue weighted by molar-refractivity contribution is 0.0892. The molecule has 88 valence electrons. The topological polar surface area (TPSA) is 68.3 Å². The van der Waals surface area contributed by atoms with Crippen LogP contribution in [0.1, 0.15) is 42.0 Å². The molecule has 0 spiro atoms. The van der Waals surface area contributed by atoms with Crippen molar-refractivity contribution in [3.63, 3.8) is 0 Å². The minimum Gasteiger partial charge on any atom is -0.456 e. The average Bonchev–Trinajstić information content (AvgIpc) is 2.68. The quantitative estimate of drug-likeness (QED) is 0.798. The summed E-state index contributed by atoms with van der Waals surface area (Å²) >= 11 is 0. The highest BCUT2D eigenvalue weighted by molar-refractivity contribution is 5.91. The van der Waals surface area contributed by atoms with Crippen LogP contribution >= 0.6 is 0 Å². The van der Waals surface area contributed by atoms with Crippen LogP contribution in [0, 0.1) is 6.92 Å². The van der Waals surface area contributed by atoms with E-state index >= 15 is 0 Å². The number of aryl methyl sites for hydroxylation is 1. The van der Waals surface area contributed by atoms with E-state index in [-0.39, 0.29) is 18.0 Å². The zero-order chi connectivity index (χ0) is 11.5. The molecule has 3 N–H and O–H groups in total. The summed E-state index contributed by atoms with van der Waals surface area (Å²) in [6, 6.07) is 3.65. The lowest BCUT2D eigenvalue weighted by atomic mass is 9.91. The van der Waals surface area contributed by atoms with Crippen LogP contribution in [0.25, 0.3) is 0 Å². The number of furan rings is 1. The van der Waals surface area contributed by atoms with Gasteiger partial charge in [-0.15, -0.1) is 0 Å². The number of nitrogens with two attached hydrogens (primary N) is 1. The van der Waals surface area contributed by atoms with Crippen molar-refractivity contribution in [3.8, 4) is 0 Å². The predicted molar refractivity (Wildman–Crippen MR) is 61.1 cm³/mol. The number of nitrogens with one attached hydrogen (secondary N) is 1. The van der Waals surface area contributed by atoms with Crippen molar-refractivity contribution in [1.82, 2.24) is 5.32 Å². The Morgan fingerprint density at radius 1 is 1.44 bits per heavy atom. The molecule has 1 heterocycles. The molecule has 2 atom stereocenters. The van der Waals surface area contributed by atoms with Crippen LogP contribution in [0.15, 0.2) is 16.5 Å². The molecule has 0 aliphatic heterocycles. The van der Waals surface area contributed by atoms with Gasteiger partial charge in [-0.25, -0.2) is 0 Å². The van der Waals surface area contributed by atoms with Gasteiger partial charge in [0.1, 0.15) is 5.76 Å². The minimum atomic E-state index is -0.157. The Bertz CT molecular complexity index is 373. The number of carbonyl (C=O) groups excluding carboxylic acids is 1. The van der Waals surface area contributed by atoms with Gasteiger partial charge in [0.05, 0.1) is 0 Å². The van der Waals surface area contributed by atoms with Gasteiger partial charge < -0.3 is 15.5 Å². The molecule has 1 aromatic rings. The van der Waals surface area contributed by atoms with Gasteiger partial charge in [-0.1, -0.05) is 12.8 Å². The molecular formula is C12H18N2O2. The summed E-state index contributed by atoms with van der Waals surface area (Å²) in [6.07, 6.45) is 4.25. The molecule has 0 radical (unpaired) electrons. The van der Waals surface area contributed by atoms with Gasteiger partial charge in [-0.3, -0.25) is 4.79 Å². The molecule has 2 rings (SSSR count). The van der Waals surface area contributed by atoms with Crippen molar-refractivity contribution < 1.29 is 9.21 Å². The first kappa shape index (κ1) is 11.2. The summed E-state index contributed by atoms with van der Waals surface area (Å²) < 4.78 is 5.27. The Balaban J connectivity index is 1.96. The van der Waals surface area contributed by atoms with Crippen molar-refractivity contribution in [2.45, 2.75) is 44.7 Å². The summed E-state index contributed by atoms with van der Waals surface area (Å²) in [4.78, 5) is 11.8. The van der Waals surface area contributed by atoms with E-state index in [9.17, 15) is 4.79 Å². The van der Waals surface area contributed by atoms with Crippen LogP contribution in [0.3, 0.4) is 0 Å². The second kappa shape index (κ2) is 4.70. The molecule has 1 aromatic heterocycles. The zero-order valence-electron chi connectivity index (χ0n) is 9.53. The highest BCUT2D eigenvalue weighted by Gasteiger charge is 2.24. The number of amides is 1. The first-order valence-corrected chi connectivity index (χ1v) is 5.79. The summed E-state index contributed by atoms with van der Waals surface area (Å²) in [6.45, 7) is 1.82. The first-order valence-electron chi connectivity index (χ1n) is 5.79. The van der Waals surface area contributed by atoms with Gasteiger partial charge in [-0.2, -0.15) is 0 Å². The molecule has 0 bridgehead atoms. The number of rotatable bonds is 2. The third kappa shape index (κ3) is 2.44. The highest BCUT2D eigenvalue weighted by Crippen LogP contribution is 2.17. The van der Waals surface area contributed by atoms with E-state index in [0.717, 1.165) is 31.4 Å². The predicted octanol–water partition coefficient (Wildman–Crippen LogP) is 1.59. The third-order valence-electron chi connectivity index (χ3n) is 3.10. The van der Waals surface area contributed by atoms with Gasteiger partial charge in [-0.05, 0) is 31.9 Å². The molecule has 0 saturated heterocycles. The molecule has 2 unspecified atom stereocenters. The van der Waals surface area contributed by atoms with E-state index in [1.165, 1.54) is 0 Å². The van der Waals surface area contributed by atoms with E-state index < -0.39 is 0 Å². The standard InChI is InChI=1S/C12H18N2O2/c1-8-6-7-11(16-8)12(15)14-10-5-3-2-4-9(10)13/h6-7,9-10H,2-5,13H2,1H3,(H,14,15). The molecule has 1 fully saturated rings. The fraction of sp³-hybridized carbons (Fsp3) is 0.583. The maximum Gasteiger partial charge on any atom is 0.287 e. The van der Waals surface area contributed by atoms with Crippen LogP contribution in [-0.4, -0.2) is 18.0 Å². The molecule has 1 amide bonds. The second-order valence-electron chi connectivity index (χ2n) is 4.44. The van der Waals surface area contributed by atoms with Crippen LogP contribution < -0.4 is 11.1 Å². The molecule has 4 nitrogen and oxygen atoms in total. The molecular weight excluding hydrogens is 204 g/mol. The Hall–Kier alpha value is -1.29. The van der Waals surface area contributed by atoms with E-state index in [1.54, 1.807) is 12.1 Å². The van der Waals surface area contributed by atoms with Crippen molar-refractivity contribution in [2.24, 2.45) is 5.73 Å². The second-order valence-corrected chi connectivity index (χ2v) is 4.44. The van der Waals surface area contributed by atoms with Gasteiger partial charge in [0.2, 0.25) is 0 Å². The Kier molecular flexibility index (Phi) is 3.29. The Labute approximate surface area is 95.2 Å². The monoisotopic (exact) mass is 222 g/mol. The fourth-order valence-corrected chi connectivity index (χ4v) is 2.13. The Morgan fingerprint density at radius 3 is 2.81 bits per heavy atom. The van der Waals surface area contributed by atoms with Crippen molar-refractivity contribution in [3.05, 3.63) is 23.7 Å². The van der Waals surface area contributed by atoms with Crippen molar-refractivity contribution in [1.29, 1.82) is 0 Å². The van der Waals surface area contributed by atoms with Gasteiger partial charge >= 0.3 is 0 Å². The van der Waals surface area contributed by atoms with E-state index in [1.807, 2.05) is 6.92 Å². The molecule has 16 heavy (non-hydrogen) atoms. The fourth-order valence-electron chi connectivity index (χ4n) is 2.13. The number of carbonyl (C=O) groups is 1. The molecule has 1 saturated carbocycles. The van der Waals surface area contributed by atoms with Gasteiger partial charge in [0.15, 0.2) is 5.76 Å². The normalized spacial score (nSPS) is 25.4. The summed E-state index contributed by atoms with van der Waals surface area (Å²) in [7, 11) is 0. The summed E-state index contributed by atoms with van der Waals surface area (Å²) in [5, 5.41) is 2.94. The summed E-state index contributed by atoms with van der Waals surface area (Å²) in [5.41, 5.74) is 5.97. The van der Waals surface area contributed by atoms with E-state index in [4.69, 9.17) is 10.2 Å². The molecule has 1 aliphatic carbocycles. The maximum atomic E-state index is 11.8. The average molecular weight is 222 g/mol. The summed E-state index contributed by atoms with van der Waals surface area (Å²) in [5.74, 6) is 0.962. The molecule has 1 aliphatic rings. The first-order chi connectivity index (χ1) is 7.66. The lowest BCUT2D eigenvalue weighted by Gasteiger charge is -2.28. The van der Waals surface area contributed by atoms with Crippen LogP contribution in [-0.2, 0) is 0 Å². The Morgan fingerprint density at radius 2 is 2.19 bits per heavy atom. The smallest absolute Gasteiger partial charge is 0.287 e. The van der Waals surface area contributed by atoms with Crippen LogP contribution in [0.4, 0.5) is 0 Å². The van der Waals surface area contributed by atoms with Crippen LogP contribution in [0.2, 0.25) is 0 Å². The lowest BCUT2D eigenvalue weighted by Crippen LogP contribution is -2.49. The zero-order valence-corrected chi connectivity index (χ0v) is 9.53. The SMILES string of the molecule is Cc1ccc(C(=O)NC2CCCCC2N)o1. The third-order valence-corrected chi connectivity index (χ3v) is 3.10. The molecule has 4 heteroatoms. The number of hydrogen-bond donors (Lipinski definition) is 2. The van der Waals surface area contributed by atoms with Gasteiger partial charge in [0.25, 0.3) is 5.91 Å². The van der Waals surface area contributed by atoms with Crippen molar-refractivity contribution in [2.75, 3.05) is 0 Å². The van der Waals surface area contributed by atoms with Crippen LogP contribution in [0.5, 0.6) is 0 Å². The van der Waals surface area contributed by atoms with E-state index in [2.05, 4.69) is 5.32 Å². The van der Waals surface area contributed by atoms with Gasteiger partial charge in [0, 0.05) is 12.1 Å². The van der Waals surface area contributed by atoms with Crippen molar-refractivity contribution >= 4 is 5.91 Å². The largest absolute Gasteiger partial charge is 0.456 e. The maximum absolute atomic E-state index is 11.8. The number of hydrogen-bond acceptors (Lipinski definition) is 3. The minimum absolute atomic E-state index is 0.0776. The highest BCUT2D eigenvalue weighted by atomic mass is 16.3.